The van der Waals surface area contributed by atoms with Gasteiger partial charge in [-0.2, -0.15) is 0 Å². The van der Waals surface area contributed by atoms with Gasteiger partial charge >= 0.3 is 0 Å². The molecule has 1 aromatic heterocycles. The van der Waals surface area contributed by atoms with Crippen LogP contribution in [0.5, 0.6) is 0 Å². The molecule has 2 rings (SSSR count). The summed E-state index contributed by atoms with van der Waals surface area (Å²) in [5.41, 5.74) is 1.58. The molecule has 0 spiro atoms. The zero-order chi connectivity index (χ0) is 15.6. The maximum absolute atomic E-state index is 12.5. The van der Waals surface area contributed by atoms with Crippen molar-refractivity contribution in [2.24, 2.45) is 11.3 Å². The molecule has 3 nitrogen and oxygen atoms in total. The van der Waals surface area contributed by atoms with Gasteiger partial charge < -0.3 is 5.32 Å². The van der Waals surface area contributed by atoms with Crippen molar-refractivity contribution < 1.29 is 4.79 Å². The average Bonchev–Trinajstić information content (AvgIpc) is 2.37. The summed E-state index contributed by atoms with van der Waals surface area (Å²) >= 11 is 5.95. The van der Waals surface area contributed by atoms with Crippen LogP contribution >= 0.6 is 11.6 Å². The third-order valence-corrected chi connectivity index (χ3v) is 4.57. The van der Waals surface area contributed by atoms with Crippen LogP contribution in [0.25, 0.3) is 0 Å². The standard InChI is InChI=1S/C17H25ClN2O/c1-11-9-12(10-15(18)19-11)16(21)20-14-8-6-5-7-13(14)17(2,3)4/h9-10,13-14H,5-8H2,1-4H3,(H,20,21). The first-order chi connectivity index (χ1) is 9.77. The van der Waals surface area contributed by atoms with E-state index in [0.717, 1.165) is 12.1 Å². The Morgan fingerprint density at radius 1 is 1.29 bits per heavy atom. The van der Waals surface area contributed by atoms with Gasteiger partial charge in [-0.15, -0.1) is 0 Å². The highest BCUT2D eigenvalue weighted by molar-refractivity contribution is 6.29. The van der Waals surface area contributed by atoms with E-state index >= 15 is 0 Å². The quantitative estimate of drug-likeness (QED) is 0.824. The molecular weight excluding hydrogens is 284 g/mol. The lowest BCUT2D eigenvalue weighted by Gasteiger charge is -2.40. The molecule has 1 saturated carbocycles. The SMILES string of the molecule is Cc1cc(C(=O)NC2CCCCC2C(C)(C)C)cc(Cl)n1. The number of halogens is 1. The number of aryl methyl sites for hydroxylation is 1. The van der Waals surface area contributed by atoms with Crippen LogP contribution in [0.3, 0.4) is 0 Å². The van der Waals surface area contributed by atoms with Gasteiger partial charge in [-0.05, 0) is 43.2 Å². The maximum atomic E-state index is 12.5. The lowest BCUT2D eigenvalue weighted by Crippen LogP contribution is -2.46. The Hall–Kier alpha value is -1.09. The monoisotopic (exact) mass is 308 g/mol. The van der Waals surface area contributed by atoms with Crippen molar-refractivity contribution >= 4 is 17.5 Å². The molecule has 1 N–H and O–H groups in total. The Labute approximate surface area is 132 Å². The van der Waals surface area contributed by atoms with Crippen LogP contribution in [-0.2, 0) is 0 Å². The van der Waals surface area contributed by atoms with Crippen molar-refractivity contribution in [2.75, 3.05) is 0 Å². The molecule has 0 aromatic carbocycles. The minimum atomic E-state index is -0.0384. The first-order valence-electron chi connectivity index (χ1n) is 7.72. The maximum Gasteiger partial charge on any atom is 0.251 e. The molecule has 2 atom stereocenters. The van der Waals surface area contributed by atoms with Gasteiger partial charge in [0.1, 0.15) is 5.15 Å². The number of carbonyl (C=O) groups excluding carboxylic acids is 1. The van der Waals surface area contributed by atoms with E-state index < -0.39 is 0 Å². The second-order valence-electron chi connectivity index (χ2n) is 7.16. The van der Waals surface area contributed by atoms with Crippen LogP contribution in [0.2, 0.25) is 5.15 Å². The zero-order valence-corrected chi connectivity index (χ0v) is 14.1. The first-order valence-corrected chi connectivity index (χ1v) is 8.10. The topological polar surface area (TPSA) is 42.0 Å². The molecule has 0 bridgehead atoms. The predicted octanol–water partition coefficient (Wildman–Crippen LogP) is 4.38. The fraction of sp³-hybridized carbons (Fsp3) is 0.647. The number of carbonyl (C=O) groups is 1. The van der Waals surface area contributed by atoms with E-state index in [-0.39, 0.29) is 17.4 Å². The molecule has 1 amide bonds. The van der Waals surface area contributed by atoms with Crippen LogP contribution in [-0.4, -0.2) is 16.9 Å². The van der Waals surface area contributed by atoms with Gasteiger partial charge in [0.05, 0.1) is 0 Å². The molecule has 21 heavy (non-hydrogen) atoms. The second kappa shape index (κ2) is 6.35. The van der Waals surface area contributed by atoms with Crippen LogP contribution < -0.4 is 5.32 Å². The summed E-state index contributed by atoms with van der Waals surface area (Å²) in [5.74, 6) is 0.483. The van der Waals surface area contributed by atoms with E-state index in [4.69, 9.17) is 11.6 Å². The minimum Gasteiger partial charge on any atom is -0.349 e. The number of aromatic nitrogens is 1. The third-order valence-electron chi connectivity index (χ3n) is 4.38. The molecule has 0 radical (unpaired) electrons. The van der Waals surface area contributed by atoms with Gasteiger partial charge in [-0.1, -0.05) is 45.2 Å². The van der Waals surface area contributed by atoms with Gasteiger partial charge in [0.25, 0.3) is 5.91 Å². The van der Waals surface area contributed by atoms with E-state index in [1.165, 1.54) is 19.3 Å². The van der Waals surface area contributed by atoms with Crippen molar-refractivity contribution in [1.29, 1.82) is 0 Å². The molecule has 1 aromatic rings. The van der Waals surface area contributed by atoms with Crippen molar-refractivity contribution in [3.05, 3.63) is 28.5 Å². The Bertz CT molecular complexity index is 502. The summed E-state index contributed by atoms with van der Waals surface area (Å²) < 4.78 is 0. The smallest absolute Gasteiger partial charge is 0.251 e. The summed E-state index contributed by atoms with van der Waals surface area (Å²) in [6.07, 6.45) is 4.69. The highest BCUT2D eigenvalue weighted by atomic mass is 35.5. The normalized spacial score (nSPS) is 22.9. The van der Waals surface area contributed by atoms with Crippen LogP contribution in [0.15, 0.2) is 12.1 Å². The highest BCUT2D eigenvalue weighted by Gasteiger charge is 2.35. The van der Waals surface area contributed by atoms with E-state index in [2.05, 4.69) is 31.1 Å². The van der Waals surface area contributed by atoms with Gasteiger partial charge in [0.15, 0.2) is 0 Å². The molecule has 1 heterocycles. The molecular formula is C17H25ClN2O. The van der Waals surface area contributed by atoms with Gasteiger partial charge in [0, 0.05) is 17.3 Å². The van der Waals surface area contributed by atoms with E-state index in [1.54, 1.807) is 12.1 Å². The number of rotatable bonds is 2. The van der Waals surface area contributed by atoms with Crippen molar-refractivity contribution in [1.82, 2.24) is 10.3 Å². The van der Waals surface area contributed by atoms with Crippen molar-refractivity contribution in [3.63, 3.8) is 0 Å². The fourth-order valence-corrected chi connectivity index (χ4v) is 3.60. The molecule has 116 valence electrons. The number of pyridine rings is 1. The lowest BCUT2D eigenvalue weighted by atomic mass is 9.69. The van der Waals surface area contributed by atoms with Crippen molar-refractivity contribution in [2.45, 2.75) is 59.4 Å². The molecule has 2 unspecified atom stereocenters. The van der Waals surface area contributed by atoms with Gasteiger partial charge in [-0.3, -0.25) is 4.79 Å². The van der Waals surface area contributed by atoms with E-state index in [9.17, 15) is 4.79 Å². The number of amides is 1. The Morgan fingerprint density at radius 3 is 2.57 bits per heavy atom. The highest BCUT2D eigenvalue weighted by Crippen LogP contribution is 2.38. The summed E-state index contributed by atoms with van der Waals surface area (Å²) in [6.45, 7) is 8.63. The van der Waals surface area contributed by atoms with Crippen LogP contribution in [0.1, 0.15) is 62.5 Å². The van der Waals surface area contributed by atoms with E-state index in [0.29, 0.717) is 16.6 Å². The lowest BCUT2D eigenvalue weighted by molar-refractivity contribution is 0.0830. The number of hydrogen-bond acceptors (Lipinski definition) is 2. The van der Waals surface area contributed by atoms with Crippen molar-refractivity contribution in [3.8, 4) is 0 Å². The zero-order valence-electron chi connectivity index (χ0n) is 13.4. The number of nitrogens with one attached hydrogen (secondary N) is 1. The molecule has 4 heteroatoms. The summed E-state index contributed by atoms with van der Waals surface area (Å²) in [7, 11) is 0. The summed E-state index contributed by atoms with van der Waals surface area (Å²) in [5, 5.41) is 3.59. The van der Waals surface area contributed by atoms with Gasteiger partial charge in [-0.25, -0.2) is 4.98 Å². The number of hydrogen-bond donors (Lipinski definition) is 1. The average molecular weight is 309 g/mol. The Kier molecular flexibility index (Phi) is 4.92. The van der Waals surface area contributed by atoms with Crippen LogP contribution in [0, 0.1) is 18.3 Å². The minimum absolute atomic E-state index is 0.0384. The van der Waals surface area contributed by atoms with E-state index in [1.807, 2.05) is 6.92 Å². The molecule has 1 aliphatic rings. The van der Waals surface area contributed by atoms with Crippen LogP contribution in [0.4, 0.5) is 0 Å². The molecule has 0 aliphatic heterocycles. The fourth-order valence-electron chi connectivity index (χ4n) is 3.35. The Balaban J connectivity index is 2.13. The molecule has 0 saturated heterocycles. The third kappa shape index (κ3) is 4.19. The van der Waals surface area contributed by atoms with Gasteiger partial charge in [0.2, 0.25) is 0 Å². The Morgan fingerprint density at radius 2 is 1.95 bits per heavy atom. The first kappa shape index (κ1) is 16.3. The summed E-state index contributed by atoms with van der Waals surface area (Å²) in [6, 6.07) is 3.67. The molecule has 1 fully saturated rings. The molecule has 1 aliphatic carbocycles. The number of nitrogens with zero attached hydrogens (tertiary/aromatic N) is 1. The second-order valence-corrected chi connectivity index (χ2v) is 7.54. The predicted molar refractivity (Wildman–Crippen MR) is 86.7 cm³/mol. The summed E-state index contributed by atoms with van der Waals surface area (Å²) in [4.78, 5) is 16.6. The largest absolute Gasteiger partial charge is 0.349 e.